The SMILES string of the molecule is CCNCc1cc(Cn2nccc2C)oc1C. The zero-order valence-electron chi connectivity index (χ0n) is 10.7. The van der Waals surface area contributed by atoms with Crippen LogP contribution in [-0.2, 0) is 13.1 Å². The maximum atomic E-state index is 5.74. The summed E-state index contributed by atoms with van der Waals surface area (Å²) < 4.78 is 7.68. The fourth-order valence-electron chi connectivity index (χ4n) is 1.81. The number of rotatable bonds is 5. The highest BCUT2D eigenvalue weighted by Crippen LogP contribution is 2.15. The van der Waals surface area contributed by atoms with Crippen molar-refractivity contribution in [2.75, 3.05) is 6.54 Å². The molecule has 0 bridgehead atoms. The summed E-state index contributed by atoms with van der Waals surface area (Å²) in [5.74, 6) is 1.95. The molecule has 2 aromatic heterocycles. The van der Waals surface area contributed by atoms with Crippen LogP contribution < -0.4 is 5.32 Å². The van der Waals surface area contributed by atoms with Gasteiger partial charge in [-0.25, -0.2) is 0 Å². The van der Waals surface area contributed by atoms with Crippen molar-refractivity contribution in [2.45, 2.75) is 33.9 Å². The molecule has 0 saturated heterocycles. The van der Waals surface area contributed by atoms with Crippen molar-refractivity contribution < 1.29 is 4.42 Å². The van der Waals surface area contributed by atoms with Crippen LogP contribution in [0.5, 0.6) is 0 Å². The topological polar surface area (TPSA) is 43.0 Å². The molecule has 17 heavy (non-hydrogen) atoms. The van der Waals surface area contributed by atoms with E-state index < -0.39 is 0 Å². The van der Waals surface area contributed by atoms with Crippen LogP contribution in [0.25, 0.3) is 0 Å². The van der Waals surface area contributed by atoms with E-state index in [1.165, 1.54) is 5.56 Å². The third-order valence-electron chi connectivity index (χ3n) is 2.87. The van der Waals surface area contributed by atoms with Gasteiger partial charge in [0.15, 0.2) is 0 Å². The molecule has 0 aliphatic rings. The molecule has 2 heterocycles. The Morgan fingerprint density at radius 3 is 2.88 bits per heavy atom. The molecule has 0 spiro atoms. The monoisotopic (exact) mass is 233 g/mol. The Kier molecular flexibility index (Phi) is 3.64. The van der Waals surface area contributed by atoms with Gasteiger partial charge in [0.25, 0.3) is 0 Å². The second kappa shape index (κ2) is 5.19. The third kappa shape index (κ3) is 2.77. The number of hydrogen-bond donors (Lipinski definition) is 1. The van der Waals surface area contributed by atoms with Crippen LogP contribution in [0.15, 0.2) is 22.7 Å². The molecule has 4 nitrogen and oxygen atoms in total. The maximum absolute atomic E-state index is 5.74. The van der Waals surface area contributed by atoms with Gasteiger partial charge in [-0.3, -0.25) is 4.68 Å². The van der Waals surface area contributed by atoms with Crippen LogP contribution in [0.2, 0.25) is 0 Å². The molecule has 0 amide bonds. The lowest BCUT2D eigenvalue weighted by Gasteiger charge is -2.00. The van der Waals surface area contributed by atoms with Crippen LogP contribution in [0.3, 0.4) is 0 Å². The molecule has 0 radical (unpaired) electrons. The molecule has 0 saturated carbocycles. The smallest absolute Gasteiger partial charge is 0.125 e. The highest BCUT2D eigenvalue weighted by atomic mass is 16.3. The average Bonchev–Trinajstić information content (AvgIpc) is 2.84. The molecule has 4 heteroatoms. The second-order valence-electron chi connectivity index (χ2n) is 4.20. The van der Waals surface area contributed by atoms with Crippen molar-refractivity contribution in [3.05, 3.63) is 41.1 Å². The molecular weight excluding hydrogens is 214 g/mol. The van der Waals surface area contributed by atoms with Crippen molar-refractivity contribution >= 4 is 0 Å². The fourth-order valence-corrected chi connectivity index (χ4v) is 1.81. The lowest BCUT2D eigenvalue weighted by Crippen LogP contribution is -2.11. The van der Waals surface area contributed by atoms with E-state index in [-0.39, 0.29) is 0 Å². The molecule has 0 unspecified atom stereocenters. The van der Waals surface area contributed by atoms with Gasteiger partial charge in [0.2, 0.25) is 0 Å². The Morgan fingerprint density at radius 1 is 1.41 bits per heavy atom. The Bertz CT molecular complexity index is 485. The lowest BCUT2D eigenvalue weighted by atomic mass is 10.2. The second-order valence-corrected chi connectivity index (χ2v) is 4.20. The van der Waals surface area contributed by atoms with E-state index >= 15 is 0 Å². The zero-order chi connectivity index (χ0) is 12.3. The quantitative estimate of drug-likeness (QED) is 0.861. The first-order valence-corrected chi connectivity index (χ1v) is 5.98. The first-order valence-electron chi connectivity index (χ1n) is 5.98. The predicted octanol–water partition coefficient (Wildman–Crippen LogP) is 2.25. The highest BCUT2D eigenvalue weighted by molar-refractivity contribution is 5.21. The molecule has 92 valence electrons. The number of furan rings is 1. The number of aromatic nitrogens is 2. The molecule has 0 atom stereocenters. The van der Waals surface area contributed by atoms with Gasteiger partial charge in [0.05, 0.1) is 6.54 Å². The van der Waals surface area contributed by atoms with Crippen LogP contribution in [-0.4, -0.2) is 16.3 Å². The van der Waals surface area contributed by atoms with Crippen LogP contribution in [0.1, 0.15) is 29.7 Å². The number of aryl methyl sites for hydroxylation is 2. The average molecular weight is 233 g/mol. The van der Waals surface area contributed by atoms with Crippen LogP contribution >= 0.6 is 0 Å². The van der Waals surface area contributed by atoms with Gasteiger partial charge in [0.1, 0.15) is 11.5 Å². The van der Waals surface area contributed by atoms with Gasteiger partial charge in [-0.15, -0.1) is 0 Å². The van der Waals surface area contributed by atoms with Gasteiger partial charge in [-0.1, -0.05) is 6.92 Å². The van der Waals surface area contributed by atoms with Crippen molar-refractivity contribution in [1.29, 1.82) is 0 Å². The Morgan fingerprint density at radius 2 is 2.24 bits per heavy atom. The van der Waals surface area contributed by atoms with Crippen molar-refractivity contribution in [1.82, 2.24) is 15.1 Å². The summed E-state index contributed by atoms with van der Waals surface area (Å²) in [6.45, 7) is 8.69. The number of nitrogens with one attached hydrogen (secondary N) is 1. The Labute approximate surface area is 102 Å². The minimum atomic E-state index is 0.700. The van der Waals surface area contributed by atoms with E-state index in [0.29, 0.717) is 6.54 Å². The molecular formula is C13H19N3O. The molecule has 2 rings (SSSR count). The van der Waals surface area contributed by atoms with Gasteiger partial charge in [0, 0.05) is 24.0 Å². The minimum absolute atomic E-state index is 0.700. The van der Waals surface area contributed by atoms with Gasteiger partial charge in [-0.2, -0.15) is 5.10 Å². The summed E-state index contributed by atoms with van der Waals surface area (Å²) in [7, 11) is 0. The van der Waals surface area contributed by atoms with Gasteiger partial charge < -0.3 is 9.73 Å². The number of hydrogen-bond acceptors (Lipinski definition) is 3. The minimum Gasteiger partial charge on any atom is -0.464 e. The van der Waals surface area contributed by atoms with E-state index in [2.05, 4.69) is 23.4 Å². The van der Waals surface area contributed by atoms with E-state index in [1.54, 1.807) is 0 Å². The largest absolute Gasteiger partial charge is 0.464 e. The Balaban J connectivity index is 2.09. The van der Waals surface area contributed by atoms with Crippen LogP contribution in [0.4, 0.5) is 0 Å². The molecule has 2 aromatic rings. The first kappa shape index (κ1) is 11.9. The zero-order valence-corrected chi connectivity index (χ0v) is 10.7. The predicted molar refractivity (Wildman–Crippen MR) is 66.9 cm³/mol. The normalized spacial score (nSPS) is 11.0. The van der Waals surface area contributed by atoms with Gasteiger partial charge in [-0.05, 0) is 32.5 Å². The van der Waals surface area contributed by atoms with Gasteiger partial charge >= 0.3 is 0 Å². The first-order chi connectivity index (χ1) is 8.20. The van der Waals surface area contributed by atoms with E-state index in [4.69, 9.17) is 4.42 Å². The van der Waals surface area contributed by atoms with E-state index in [1.807, 2.05) is 30.8 Å². The van der Waals surface area contributed by atoms with E-state index in [0.717, 1.165) is 30.3 Å². The van der Waals surface area contributed by atoms with Crippen molar-refractivity contribution in [3.63, 3.8) is 0 Å². The Hall–Kier alpha value is -1.55. The third-order valence-corrected chi connectivity index (χ3v) is 2.87. The maximum Gasteiger partial charge on any atom is 0.125 e. The van der Waals surface area contributed by atoms with Crippen molar-refractivity contribution in [3.8, 4) is 0 Å². The summed E-state index contributed by atoms with van der Waals surface area (Å²) in [6, 6.07) is 4.11. The fraction of sp³-hybridized carbons (Fsp3) is 0.462. The standard InChI is InChI=1S/C13H19N3O/c1-4-14-8-12-7-13(17-11(12)3)9-16-10(2)5-6-15-16/h5-7,14H,4,8-9H2,1-3H3. The highest BCUT2D eigenvalue weighted by Gasteiger charge is 2.08. The lowest BCUT2D eigenvalue weighted by molar-refractivity contribution is 0.454. The summed E-state index contributed by atoms with van der Waals surface area (Å²) >= 11 is 0. The summed E-state index contributed by atoms with van der Waals surface area (Å²) in [6.07, 6.45) is 1.81. The summed E-state index contributed by atoms with van der Waals surface area (Å²) in [5.41, 5.74) is 2.37. The molecule has 0 aliphatic heterocycles. The van der Waals surface area contributed by atoms with Crippen LogP contribution in [0, 0.1) is 13.8 Å². The molecule has 1 N–H and O–H groups in total. The molecule has 0 fully saturated rings. The number of nitrogens with zero attached hydrogens (tertiary/aromatic N) is 2. The molecule has 0 aromatic carbocycles. The summed E-state index contributed by atoms with van der Waals surface area (Å²) in [5, 5.41) is 7.56. The summed E-state index contributed by atoms with van der Waals surface area (Å²) in [4.78, 5) is 0. The molecule has 0 aliphatic carbocycles. The van der Waals surface area contributed by atoms with E-state index in [9.17, 15) is 0 Å². The van der Waals surface area contributed by atoms with Crippen molar-refractivity contribution in [2.24, 2.45) is 0 Å².